The zero-order valence-corrected chi connectivity index (χ0v) is 16.4. The van der Waals surface area contributed by atoms with Crippen molar-refractivity contribution in [1.29, 1.82) is 0 Å². The molecule has 3 N–H and O–H groups in total. The molecule has 0 aromatic carbocycles. The molecule has 4 heterocycles. The largest absolute Gasteiger partial charge is 0.444 e. The summed E-state index contributed by atoms with van der Waals surface area (Å²) in [7, 11) is 0. The molecular formula is C17H17FN4OS3. The number of rotatable bonds is 7. The van der Waals surface area contributed by atoms with Gasteiger partial charge in [0.2, 0.25) is 5.89 Å². The highest BCUT2D eigenvalue weighted by atomic mass is 32.1. The summed E-state index contributed by atoms with van der Waals surface area (Å²) in [4.78, 5) is 6.48. The number of nitrogens with zero attached hydrogens (tertiary/aromatic N) is 2. The Kier molecular flexibility index (Phi) is 5.03. The van der Waals surface area contributed by atoms with E-state index in [1.54, 1.807) is 28.9 Å². The summed E-state index contributed by atoms with van der Waals surface area (Å²) in [6, 6.07) is 3.56. The number of aromatic nitrogens is 2. The van der Waals surface area contributed by atoms with Gasteiger partial charge in [0.1, 0.15) is 23.0 Å². The molecule has 0 bridgehead atoms. The van der Waals surface area contributed by atoms with Crippen molar-refractivity contribution in [3.8, 4) is 11.5 Å². The fourth-order valence-electron chi connectivity index (χ4n) is 2.62. The number of fused-ring (bicyclic) bond motifs is 1. The van der Waals surface area contributed by atoms with Crippen LogP contribution in [0.15, 0.2) is 34.4 Å². The van der Waals surface area contributed by atoms with E-state index in [0.29, 0.717) is 12.3 Å². The van der Waals surface area contributed by atoms with E-state index in [0.717, 1.165) is 32.2 Å². The van der Waals surface area contributed by atoms with Crippen LogP contribution in [-0.4, -0.2) is 21.6 Å². The van der Waals surface area contributed by atoms with Gasteiger partial charge in [-0.1, -0.05) is 6.07 Å². The maximum atomic E-state index is 13.6. The van der Waals surface area contributed by atoms with Crippen molar-refractivity contribution in [2.45, 2.75) is 32.1 Å². The van der Waals surface area contributed by atoms with Gasteiger partial charge in [0.25, 0.3) is 0 Å². The van der Waals surface area contributed by atoms with Crippen LogP contribution >= 0.6 is 34.2 Å². The van der Waals surface area contributed by atoms with Crippen LogP contribution in [-0.2, 0) is 13.0 Å². The lowest BCUT2D eigenvalue weighted by Crippen LogP contribution is -2.31. The smallest absolute Gasteiger partial charge is 0.229 e. The average Bonchev–Trinajstić information content (AvgIpc) is 3.38. The highest BCUT2D eigenvalue weighted by Crippen LogP contribution is 2.43. The van der Waals surface area contributed by atoms with Crippen LogP contribution in [0, 0.1) is 0 Å². The molecule has 0 aliphatic heterocycles. The van der Waals surface area contributed by atoms with Crippen LogP contribution in [0.4, 0.5) is 9.39 Å². The monoisotopic (exact) mass is 408 g/mol. The topological polar surface area (TPSA) is 77.0 Å². The number of oxazole rings is 1. The molecule has 4 aromatic heterocycles. The van der Waals surface area contributed by atoms with E-state index in [9.17, 15) is 4.39 Å². The SMILES string of the molecule is C[C@H](F)[C@H](N)Cc1sc2c(NCc3cccs3)snc2c1-c1ncco1. The van der Waals surface area contributed by atoms with Crippen molar-refractivity contribution in [1.82, 2.24) is 9.36 Å². The Labute approximate surface area is 161 Å². The van der Waals surface area contributed by atoms with E-state index in [-0.39, 0.29) is 0 Å². The molecular weight excluding hydrogens is 391 g/mol. The van der Waals surface area contributed by atoms with Crippen LogP contribution in [0.3, 0.4) is 0 Å². The van der Waals surface area contributed by atoms with Gasteiger partial charge in [0.15, 0.2) is 0 Å². The molecule has 136 valence electrons. The fraction of sp³-hybridized carbons (Fsp3) is 0.294. The van der Waals surface area contributed by atoms with Crippen LogP contribution in [0.25, 0.3) is 21.7 Å². The van der Waals surface area contributed by atoms with E-state index < -0.39 is 12.2 Å². The van der Waals surface area contributed by atoms with E-state index >= 15 is 0 Å². The van der Waals surface area contributed by atoms with Gasteiger partial charge in [0, 0.05) is 22.2 Å². The summed E-state index contributed by atoms with van der Waals surface area (Å²) in [5.74, 6) is 0.500. The lowest BCUT2D eigenvalue weighted by molar-refractivity contribution is 0.305. The molecule has 0 unspecified atom stereocenters. The maximum Gasteiger partial charge on any atom is 0.229 e. The molecule has 2 atom stereocenters. The van der Waals surface area contributed by atoms with Crippen LogP contribution in [0.5, 0.6) is 0 Å². The van der Waals surface area contributed by atoms with Crippen LogP contribution in [0.2, 0.25) is 0 Å². The lowest BCUT2D eigenvalue weighted by atomic mass is 10.1. The number of thiophene rings is 2. The molecule has 26 heavy (non-hydrogen) atoms. The van der Waals surface area contributed by atoms with Gasteiger partial charge in [-0.2, -0.15) is 4.37 Å². The highest BCUT2D eigenvalue weighted by molar-refractivity contribution is 7.25. The predicted octanol–water partition coefficient (Wildman–Crippen LogP) is 4.91. The Balaban J connectivity index is 1.71. The zero-order chi connectivity index (χ0) is 18.1. The number of nitrogens with two attached hydrogens (primary N) is 1. The Bertz CT molecular complexity index is 976. The minimum Gasteiger partial charge on any atom is -0.444 e. The third-order valence-electron chi connectivity index (χ3n) is 4.05. The summed E-state index contributed by atoms with van der Waals surface area (Å²) in [6.45, 7) is 2.23. The Morgan fingerprint density at radius 1 is 1.42 bits per heavy atom. The van der Waals surface area contributed by atoms with Gasteiger partial charge in [-0.25, -0.2) is 9.37 Å². The minimum absolute atomic E-state index is 0.422. The van der Waals surface area contributed by atoms with Gasteiger partial charge in [-0.05, 0) is 29.9 Å². The minimum atomic E-state index is -1.09. The zero-order valence-electron chi connectivity index (χ0n) is 13.9. The summed E-state index contributed by atoms with van der Waals surface area (Å²) in [6.07, 6.45) is 2.47. The van der Waals surface area contributed by atoms with Crippen LogP contribution in [0.1, 0.15) is 16.7 Å². The Morgan fingerprint density at radius 3 is 3.00 bits per heavy atom. The number of anilines is 1. The second-order valence-corrected chi connectivity index (χ2v) is 8.82. The van der Waals surface area contributed by atoms with Crippen LogP contribution < -0.4 is 11.1 Å². The molecule has 4 rings (SSSR count). The molecule has 9 heteroatoms. The van der Waals surface area contributed by atoms with E-state index in [4.69, 9.17) is 10.2 Å². The first kappa shape index (κ1) is 17.6. The number of hydrogen-bond acceptors (Lipinski definition) is 8. The number of halogens is 1. The quantitative estimate of drug-likeness (QED) is 0.454. The fourth-order valence-corrected chi connectivity index (χ4v) is 5.46. The Hall–Kier alpha value is -1.81. The van der Waals surface area contributed by atoms with Gasteiger partial charge in [-0.3, -0.25) is 0 Å². The summed E-state index contributed by atoms with van der Waals surface area (Å²) < 4.78 is 24.8. The normalized spacial score (nSPS) is 14.0. The van der Waals surface area contributed by atoms with Crippen molar-refractivity contribution in [2.75, 3.05) is 5.32 Å². The Morgan fingerprint density at radius 2 is 2.31 bits per heavy atom. The van der Waals surface area contributed by atoms with Crippen molar-refractivity contribution in [2.24, 2.45) is 5.73 Å². The van der Waals surface area contributed by atoms with Crippen molar-refractivity contribution in [3.63, 3.8) is 0 Å². The van der Waals surface area contributed by atoms with E-state index in [2.05, 4.69) is 26.1 Å². The average molecular weight is 409 g/mol. The van der Waals surface area contributed by atoms with Gasteiger partial charge < -0.3 is 15.5 Å². The second-order valence-electron chi connectivity index (χ2n) is 5.91. The molecule has 0 saturated heterocycles. The molecule has 0 spiro atoms. The van der Waals surface area contributed by atoms with E-state index in [1.165, 1.54) is 29.6 Å². The molecule has 0 saturated carbocycles. The third kappa shape index (κ3) is 3.39. The van der Waals surface area contributed by atoms with Crippen molar-refractivity contribution in [3.05, 3.63) is 39.7 Å². The molecule has 4 aromatic rings. The van der Waals surface area contributed by atoms with Crippen molar-refractivity contribution < 1.29 is 8.81 Å². The molecule has 0 fully saturated rings. The summed E-state index contributed by atoms with van der Waals surface area (Å²) in [5.41, 5.74) is 7.63. The van der Waals surface area contributed by atoms with Crippen molar-refractivity contribution >= 4 is 49.4 Å². The maximum absolute atomic E-state index is 13.6. The molecule has 0 radical (unpaired) electrons. The highest BCUT2D eigenvalue weighted by Gasteiger charge is 2.25. The van der Waals surface area contributed by atoms with Gasteiger partial charge in [0.05, 0.1) is 23.0 Å². The third-order valence-corrected chi connectivity index (χ3v) is 7.08. The van der Waals surface area contributed by atoms with Gasteiger partial charge in [-0.15, -0.1) is 22.7 Å². The molecule has 0 aliphatic carbocycles. The molecule has 0 aliphatic rings. The first-order chi connectivity index (χ1) is 12.6. The predicted molar refractivity (Wildman–Crippen MR) is 107 cm³/mol. The molecule has 0 amide bonds. The standard InChI is InChI=1S/C17H17FN4OS3/c1-9(18)11(19)7-12-13(16-20-4-5-23-16)14-15(25-12)17(26-22-14)21-8-10-3-2-6-24-10/h2-6,9,11,21H,7-8,19H2,1H3/t9-,11+/m0/s1. The number of hydrogen-bond donors (Lipinski definition) is 2. The number of alkyl halides is 1. The first-order valence-corrected chi connectivity index (χ1v) is 10.6. The number of nitrogens with one attached hydrogen (secondary N) is 1. The second kappa shape index (κ2) is 7.43. The summed E-state index contributed by atoms with van der Waals surface area (Å²) >= 11 is 4.71. The van der Waals surface area contributed by atoms with Gasteiger partial charge >= 0.3 is 0 Å². The summed E-state index contributed by atoms with van der Waals surface area (Å²) in [5, 5.41) is 6.51. The first-order valence-electron chi connectivity index (χ1n) is 8.10. The molecule has 5 nitrogen and oxygen atoms in total. The van der Waals surface area contributed by atoms with E-state index in [1.807, 2.05) is 6.07 Å². The lowest BCUT2D eigenvalue weighted by Gasteiger charge is -2.12.